The third-order valence-corrected chi connectivity index (χ3v) is 3.23. The van der Waals surface area contributed by atoms with Crippen molar-refractivity contribution in [3.63, 3.8) is 0 Å². The Hall–Kier alpha value is -2.21. The first-order valence-electron chi connectivity index (χ1n) is 7.13. The Kier molecular flexibility index (Phi) is 5.05. The van der Waals surface area contributed by atoms with Crippen LogP contribution in [0.5, 0.6) is 0 Å². The molecule has 6 heteroatoms. The molecule has 112 valence electrons. The van der Waals surface area contributed by atoms with Crippen molar-refractivity contribution in [3.05, 3.63) is 42.0 Å². The van der Waals surface area contributed by atoms with Crippen LogP contribution in [0.4, 0.5) is 0 Å². The van der Waals surface area contributed by atoms with Gasteiger partial charge in [-0.3, -0.25) is 9.78 Å². The van der Waals surface area contributed by atoms with Crippen LogP contribution in [0.2, 0.25) is 0 Å². The molecule has 1 atom stereocenters. The minimum atomic E-state index is -0.198. The summed E-state index contributed by atoms with van der Waals surface area (Å²) in [6, 6.07) is 5.83. The quantitative estimate of drug-likeness (QED) is 0.848. The third kappa shape index (κ3) is 3.66. The largest absolute Gasteiger partial charge is 0.354 e. The molecule has 0 aliphatic carbocycles. The van der Waals surface area contributed by atoms with Gasteiger partial charge in [0.15, 0.2) is 5.69 Å². The summed E-state index contributed by atoms with van der Waals surface area (Å²) < 4.78 is 1.64. The molecule has 0 radical (unpaired) electrons. The van der Waals surface area contributed by atoms with Crippen LogP contribution >= 0.6 is 0 Å². The predicted octanol–water partition coefficient (Wildman–Crippen LogP) is 1.69. The molecule has 0 aromatic carbocycles. The van der Waals surface area contributed by atoms with Crippen LogP contribution < -0.4 is 10.6 Å². The van der Waals surface area contributed by atoms with E-state index in [9.17, 15) is 4.79 Å². The van der Waals surface area contributed by atoms with Crippen molar-refractivity contribution >= 4 is 5.91 Å². The Morgan fingerprint density at radius 3 is 2.81 bits per heavy atom. The second kappa shape index (κ2) is 6.99. The first-order chi connectivity index (χ1) is 10.2. The zero-order chi connectivity index (χ0) is 15.2. The summed E-state index contributed by atoms with van der Waals surface area (Å²) in [5.41, 5.74) is 2.21. The summed E-state index contributed by atoms with van der Waals surface area (Å²) >= 11 is 0. The summed E-state index contributed by atoms with van der Waals surface area (Å²) in [6.45, 7) is 5.20. The van der Waals surface area contributed by atoms with Gasteiger partial charge < -0.3 is 10.6 Å². The van der Waals surface area contributed by atoms with E-state index >= 15 is 0 Å². The number of nitrogens with one attached hydrogen (secondary N) is 2. The van der Waals surface area contributed by atoms with E-state index in [1.54, 1.807) is 30.2 Å². The lowest BCUT2D eigenvalue weighted by atomic mass is 10.2. The van der Waals surface area contributed by atoms with Gasteiger partial charge in [-0.2, -0.15) is 5.10 Å². The van der Waals surface area contributed by atoms with E-state index in [2.05, 4.69) is 34.6 Å². The molecule has 2 heterocycles. The maximum Gasteiger partial charge on any atom is 0.271 e. The van der Waals surface area contributed by atoms with Crippen molar-refractivity contribution in [3.8, 4) is 5.69 Å². The Labute approximate surface area is 124 Å². The summed E-state index contributed by atoms with van der Waals surface area (Å²) in [7, 11) is 1.59. The number of aromatic nitrogens is 3. The molecule has 1 amide bonds. The minimum absolute atomic E-state index is 0.198. The maximum absolute atomic E-state index is 11.5. The minimum Gasteiger partial charge on any atom is -0.354 e. The number of amides is 1. The molecule has 0 aliphatic rings. The van der Waals surface area contributed by atoms with Crippen LogP contribution in [0.3, 0.4) is 0 Å². The molecule has 2 N–H and O–H groups in total. The lowest BCUT2D eigenvalue weighted by Crippen LogP contribution is -2.20. The zero-order valence-electron chi connectivity index (χ0n) is 12.6. The first-order valence-corrected chi connectivity index (χ1v) is 7.13. The second-order valence-electron chi connectivity index (χ2n) is 4.84. The van der Waals surface area contributed by atoms with Gasteiger partial charge in [-0.25, -0.2) is 4.68 Å². The predicted molar refractivity (Wildman–Crippen MR) is 81.5 cm³/mol. The number of pyridine rings is 1. The highest BCUT2D eigenvalue weighted by Crippen LogP contribution is 2.12. The highest BCUT2D eigenvalue weighted by atomic mass is 16.1. The van der Waals surface area contributed by atoms with Crippen molar-refractivity contribution in [2.45, 2.75) is 26.3 Å². The van der Waals surface area contributed by atoms with Gasteiger partial charge in [0.25, 0.3) is 5.91 Å². The topological polar surface area (TPSA) is 71.8 Å². The molecule has 0 saturated heterocycles. The van der Waals surface area contributed by atoms with Gasteiger partial charge in [-0.15, -0.1) is 0 Å². The summed E-state index contributed by atoms with van der Waals surface area (Å²) in [5, 5.41) is 10.2. The fourth-order valence-electron chi connectivity index (χ4n) is 1.97. The Morgan fingerprint density at radius 1 is 1.38 bits per heavy atom. The van der Waals surface area contributed by atoms with E-state index in [1.165, 1.54) is 0 Å². The fraction of sp³-hybridized carbons (Fsp3) is 0.400. The van der Waals surface area contributed by atoms with E-state index < -0.39 is 0 Å². The van der Waals surface area contributed by atoms with Gasteiger partial charge in [-0.05, 0) is 38.1 Å². The summed E-state index contributed by atoms with van der Waals surface area (Å²) in [5.74, 6) is -0.198. The van der Waals surface area contributed by atoms with Gasteiger partial charge in [0.05, 0.1) is 17.6 Å². The molecule has 1 unspecified atom stereocenters. The van der Waals surface area contributed by atoms with E-state index in [-0.39, 0.29) is 11.9 Å². The van der Waals surface area contributed by atoms with Crippen LogP contribution in [0.1, 0.15) is 42.5 Å². The maximum atomic E-state index is 11.5. The van der Waals surface area contributed by atoms with Gasteiger partial charge >= 0.3 is 0 Å². The highest BCUT2D eigenvalue weighted by molar-refractivity contribution is 5.91. The van der Waals surface area contributed by atoms with Crippen molar-refractivity contribution in [1.82, 2.24) is 25.4 Å². The zero-order valence-corrected chi connectivity index (χ0v) is 12.6. The van der Waals surface area contributed by atoms with Crippen LogP contribution in [0.25, 0.3) is 5.69 Å². The molecular weight excluding hydrogens is 266 g/mol. The van der Waals surface area contributed by atoms with E-state index in [0.717, 1.165) is 24.3 Å². The standard InChI is InChI=1S/C15H21N5O/c1-4-8-17-11(2)13-6-5-12(10-18-13)20-9-7-14(19-20)15(21)16-3/h5-7,9-11,17H,4,8H2,1-3H3,(H,16,21). The van der Waals surface area contributed by atoms with Crippen LogP contribution in [0, 0.1) is 0 Å². The molecule has 0 saturated carbocycles. The molecule has 2 aromatic rings. The summed E-state index contributed by atoms with van der Waals surface area (Å²) in [4.78, 5) is 15.9. The Bertz CT molecular complexity index is 590. The summed E-state index contributed by atoms with van der Waals surface area (Å²) in [6.07, 6.45) is 4.61. The van der Waals surface area contributed by atoms with E-state index in [0.29, 0.717) is 5.69 Å². The number of nitrogens with zero attached hydrogens (tertiary/aromatic N) is 3. The lowest BCUT2D eigenvalue weighted by molar-refractivity contribution is 0.0957. The van der Waals surface area contributed by atoms with Crippen molar-refractivity contribution in [2.75, 3.05) is 13.6 Å². The van der Waals surface area contributed by atoms with Gasteiger partial charge in [-0.1, -0.05) is 6.92 Å². The first kappa shape index (κ1) is 15.2. The third-order valence-electron chi connectivity index (χ3n) is 3.23. The molecule has 0 aliphatic heterocycles. The van der Waals surface area contributed by atoms with Crippen molar-refractivity contribution in [2.24, 2.45) is 0 Å². The van der Waals surface area contributed by atoms with Gasteiger partial charge in [0.1, 0.15) is 0 Å². The molecule has 2 aromatic heterocycles. The molecule has 2 rings (SSSR count). The van der Waals surface area contributed by atoms with Crippen LogP contribution in [-0.4, -0.2) is 34.3 Å². The second-order valence-corrected chi connectivity index (χ2v) is 4.84. The number of hydrogen-bond donors (Lipinski definition) is 2. The number of hydrogen-bond acceptors (Lipinski definition) is 4. The number of carbonyl (C=O) groups is 1. The molecule has 6 nitrogen and oxygen atoms in total. The normalized spacial score (nSPS) is 12.1. The molecule has 0 bridgehead atoms. The Morgan fingerprint density at radius 2 is 2.19 bits per heavy atom. The lowest BCUT2D eigenvalue weighted by Gasteiger charge is -2.12. The van der Waals surface area contributed by atoms with Crippen molar-refractivity contribution < 1.29 is 4.79 Å². The average molecular weight is 287 g/mol. The fourth-order valence-corrected chi connectivity index (χ4v) is 1.97. The molecule has 21 heavy (non-hydrogen) atoms. The average Bonchev–Trinajstić information content (AvgIpc) is 3.02. The number of rotatable bonds is 6. The van der Waals surface area contributed by atoms with Crippen LogP contribution in [-0.2, 0) is 0 Å². The highest BCUT2D eigenvalue weighted by Gasteiger charge is 2.09. The Balaban J connectivity index is 2.11. The SMILES string of the molecule is CCCNC(C)c1ccc(-n2ccc(C(=O)NC)n2)cn1. The van der Waals surface area contributed by atoms with Crippen LogP contribution in [0.15, 0.2) is 30.6 Å². The number of carbonyl (C=O) groups excluding carboxylic acids is 1. The van der Waals surface area contributed by atoms with Gasteiger partial charge in [0.2, 0.25) is 0 Å². The van der Waals surface area contributed by atoms with E-state index in [1.807, 2.05) is 12.1 Å². The van der Waals surface area contributed by atoms with Crippen molar-refractivity contribution in [1.29, 1.82) is 0 Å². The smallest absolute Gasteiger partial charge is 0.271 e. The van der Waals surface area contributed by atoms with E-state index in [4.69, 9.17) is 0 Å². The molecule has 0 fully saturated rings. The van der Waals surface area contributed by atoms with Gasteiger partial charge in [0, 0.05) is 19.3 Å². The molecule has 0 spiro atoms. The monoisotopic (exact) mass is 287 g/mol. The molecular formula is C15H21N5O.